The first kappa shape index (κ1) is 10.2. The average molecular weight is 209 g/mol. The molecule has 1 saturated heterocycles. The van der Waals surface area contributed by atoms with Crippen LogP contribution in [-0.2, 0) is 4.79 Å². The molecule has 2 rings (SSSR count). The van der Waals surface area contributed by atoms with Crippen LogP contribution in [0.25, 0.3) is 0 Å². The summed E-state index contributed by atoms with van der Waals surface area (Å²) in [6, 6.07) is 0. The van der Waals surface area contributed by atoms with Crippen molar-refractivity contribution in [3.8, 4) is 0 Å². The Hall–Kier alpha value is -1.33. The molecule has 0 bridgehead atoms. The largest absolute Gasteiger partial charge is 0.545 e. The molecule has 0 aromatic heterocycles. The van der Waals surface area contributed by atoms with Gasteiger partial charge in [-0.3, -0.25) is 0 Å². The van der Waals surface area contributed by atoms with Gasteiger partial charge in [-0.25, -0.2) is 0 Å². The first-order valence-electron chi connectivity index (χ1n) is 4.62. The van der Waals surface area contributed by atoms with Gasteiger partial charge in [0.25, 0.3) is 0 Å². The lowest BCUT2D eigenvalue weighted by atomic mass is 9.96. The van der Waals surface area contributed by atoms with Crippen LogP contribution in [0.3, 0.4) is 0 Å². The number of aliphatic hydroxyl groups is 2. The summed E-state index contributed by atoms with van der Waals surface area (Å²) in [5.74, 6) is -2.45. The van der Waals surface area contributed by atoms with Gasteiger partial charge < -0.3 is 25.0 Å². The van der Waals surface area contributed by atoms with Crippen molar-refractivity contribution in [2.45, 2.75) is 18.8 Å². The molecule has 1 radical (unpaired) electrons. The summed E-state index contributed by atoms with van der Waals surface area (Å²) in [6.45, 7) is 2.88. The van der Waals surface area contributed by atoms with Crippen LogP contribution in [0.15, 0.2) is 23.9 Å². The molecule has 1 fully saturated rings. The zero-order valence-electron chi connectivity index (χ0n) is 8.12. The fraction of sp³-hybridized carbons (Fsp3) is 0.400. The lowest BCUT2D eigenvalue weighted by Gasteiger charge is -2.38. The van der Waals surface area contributed by atoms with E-state index in [1.807, 2.05) is 0 Å². The van der Waals surface area contributed by atoms with E-state index in [1.165, 1.54) is 13.5 Å². The van der Waals surface area contributed by atoms with Gasteiger partial charge in [0, 0.05) is 11.6 Å². The number of hydrogen-bond donors (Lipinski definition) is 2. The molecule has 0 aliphatic carbocycles. The Bertz CT molecular complexity index is 362. The van der Waals surface area contributed by atoms with Crippen molar-refractivity contribution in [1.82, 2.24) is 4.90 Å². The molecule has 1 unspecified atom stereocenters. The molecule has 0 aromatic carbocycles. The molecule has 5 heteroatoms. The minimum atomic E-state index is -2.17. The minimum absolute atomic E-state index is 0.372. The number of fused-ring (bicyclic) bond motifs is 1. The number of carboxylic acids is 1. The smallest absolute Gasteiger partial charge is 0.184 e. The van der Waals surface area contributed by atoms with Gasteiger partial charge in [-0.2, -0.15) is 0 Å². The predicted molar refractivity (Wildman–Crippen MR) is 48.5 cm³/mol. The van der Waals surface area contributed by atoms with Gasteiger partial charge in [-0.1, -0.05) is 19.1 Å². The molecule has 5 nitrogen and oxygen atoms in total. The van der Waals surface area contributed by atoms with Gasteiger partial charge >= 0.3 is 0 Å². The third-order valence-corrected chi connectivity index (χ3v) is 2.97. The van der Waals surface area contributed by atoms with Crippen molar-refractivity contribution in [2.24, 2.45) is 5.92 Å². The number of rotatable bonds is 1. The fourth-order valence-electron chi connectivity index (χ4n) is 1.99. The van der Waals surface area contributed by atoms with Crippen LogP contribution in [0.5, 0.6) is 0 Å². The van der Waals surface area contributed by atoms with Crippen molar-refractivity contribution in [3.63, 3.8) is 0 Å². The second kappa shape index (κ2) is 3.08. The molecule has 15 heavy (non-hydrogen) atoms. The Labute approximate surface area is 86.9 Å². The van der Waals surface area contributed by atoms with Crippen molar-refractivity contribution in [2.75, 3.05) is 0 Å². The number of allylic oxidation sites excluding steroid dienone is 2. The second-order valence-electron chi connectivity index (χ2n) is 3.74. The Morgan fingerprint density at radius 3 is 2.87 bits per heavy atom. The van der Waals surface area contributed by atoms with Gasteiger partial charge in [0.05, 0.1) is 12.5 Å². The van der Waals surface area contributed by atoms with E-state index in [-0.39, 0.29) is 0 Å². The molecule has 0 aromatic rings. The lowest BCUT2D eigenvalue weighted by Crippen LogP contribution is -2.59. The Balaban J connectivity index is 2.47. The summed E-state index contributed by atoms with van der Waals surface area (Å²) < 4.78 is 0. The van der Waals surface area contributed by atoms with E-state index in [0.717, 1.165) is 4.90 Å². The van der Waals surface area contributed by atoms with Gasteiger partial charge in [0.2, 0.25) is 0 Å². The predicted octanol–water partition coefficient (Wildman–Crippen LogP) is -1.65. The van der Waals surface area contributed by atoms with Gasteiger partial charge in [0.15, 0.2) is 5.72 Å². The molecular formula is C10H11NO4-. The van der Waals surface area contributed by atoms with Crippen LogP contribution in [0.2, 0.25) is 0 Å². The topological polar surface area (TPSA) is 83.8 Å². The van der Waals surface area contributed by atoms with E-state index in [1.54, 1.807) is 18.2 Å². The van der Waals surface area contributed by atoms with E-state index in [2.05, 4.69) is 0 Å². The SMILES string of the molecule is C[C@H]1[C@@H](O)C2=CC=C[CH]N2C1(O)C(=O)[O-]. The second-order valence-corrected chi connectivity index (χ2v) is 3.74. The number of aliphatic hydroxyl groups excluding tert-OH is 1. The lowest BCUT2D eigenvalue weighted by molar-refractivity contribution is -0.336. The number of nitrogens with zero attached hydrogens (tertiary/aromatic N) is 1. The maximum atomic E-state index is 10.9. The highest BCUT2D eigenvalue weighted by atomic mass is 16.4. The van der Waals surface area contributed by atoms with Crippen LogP contribution < -0.4 is 5.11 Å². The summed E-state index contributed by atoms with van der Waals surface area (Å²) >= 11 is 0. The molecule has 0 amide bonds. The quantitative estimate of drug-likeness (QED) is 0.540. The zero-order valence-corrected chi connectivity index (χ0v) is 8.12. The summed E-state index contributed by atoms with van der Waals surface area (Å²) in [4.78, 5) is 12.1. The summed E-state index contributed by atoms with van der Waals surface area (Å²) in [7, 11) is 0. The molecule has 2 heterocycles. The number of aliphatic carboxylic acids is 1. The van der Waals surface area contributed by atoms with E-state index >= 15 is 0 Å². The summed E-state index contributed by atoms with van der Waals surface area (Å²) in [6.07, 6.45) is 3.82. The summed E-state index contributed by atoms with van der Waals surface area (Å²) in [5.41, 5.74) is -1.80. The number of carboxylic acid groups (broad SMARTS) is 1. The van der Waals surface area contributed by atoms with Crippen LogP contribution >= 0.6 is 0 Å². The van der Waals surface area contributed by atoms with E-state index in [0.29, 0.717) is 5.70 Å². The highest BCUT2D eigenvalue weighted by molar-refractivity contribution is 5.77. The molecule has 0 saturated carbocycles. The van der Waals surface area contributed by atoms with Gasteiger partial charge in [0.1, 0.15) is 6.10 Å². The highest BCUT2D eigenvalue weighted by Gasteiger charge is 2.54. The first-order valence-corrected chi connectivity index (χ1v) is 4.62. The average Bonchev–Trinajstić information content (AvgIpc) is 2.43. The monoisotopic (exact) mass is 209 g/mol. The van der Waals surface area contributed by atoms with Crippen LogP contribution in [0.4, 0.5) is 0 Å². The van der Waals surface area contributed by atoms with Crippen molar-refractivity contribution in [1.29, 1.82) is 0 Å². The molecule has 3 atom stereocenters. The minimum Gasteiger partial charge on any atom is -0.545 e. The molecular weight excluding hydrogens is 198 g/mol. The van der Waals surface area contributed by atoms with Crippen molar-refractivity contribution < 1.29 is 20.1 Å². The van der Waals surface area contributed by atoms with E-state index in [4.69, 9.17) is 0 Å². The normalized spacial score (nSPS) is 38.9. The number of hydrogen-bond acceptors (Lipinski definition) is 5. The Kier molecular flexibility index (Phi) is 2.09. The van der Waals surface area contributed by atoms with Crippen LogP contribution in [0, 0.1) is 12.5 Å². The Morgan fingerprint density at radius 2 is 2.27 bits per heavy atom. The summed E-state index contributed by atoms with van der Waals surface area (Å²) in [5, 5.41) is 30.7. The first-order chi connectivity index (χ1) is 6.99. The molecule has 81 valence electrons. The van der Waals surface area contributed by atoms with Crippen LogP contribution in [-0.4, -0.2) is 32.9 Å². The maximum Gasteiger partial charge on any atom is 0.184 e. The standard InChI is InChI=1S/C10H12NO4/c1-6-8(12)7-4-2-3-5-11(7)10(6,15)9(13)14/h2-6,8,12,15H,1H3,(H,13,14)/p-1/t6-,8+,10?/m0/s1. The van der Waals surface area contributed by atoms with E-state index < -0.39 is 23.7 Å². The van der Waals surface area contributed by atoms with E-state index in [9.17, 15) is 20.1 Å². The van der Waals surface area contributed by atoms with Gasteiger partial charge in [-0.05, 0) is 6.08 Å². The third-order valence-electron chi connectivity index (χ3n) is 2.97. The zero-order chi connectivity index (χ0) is 11.2. The van der Waals surface area contributed by atoms with Crippen molar-refractivity contribution >= 4 is 5.97 Å². The maximum absolute atomic E-state index is 10.9. The van der Waals surface area contributed by atoms with Crippen LogP contribution in [0.1, 0.15) is 6.92 Å². The fourth-order valence-corrected chi connectivity index (χ4v) is 1.99. The number of carbonyl (C=O) groups is 1. The molecule has 2 N–H and O–H groups in total. The molecule has 2 aliphatic rings. The van der Waals surface area contributed by atoms with Gasteiger partial charge in [-0.15, -0.1) is 0 Å². The molecule has 0 spiro atoms. The highest BCUT2D eigenvalue weighted by Crippen LogP contribution is 2.41. The number of carbonyl (C=O) groups excluding carboxylic acids is 1. The Morgan fingerprint density at radius 1 is 1.60 bits per heavy atom. The third kappa shape index (κ3) is 1.13. The molecule has 2 aliphatic heterocycles. The van der Waals surface area contributed by atoms with Crippen molar-refractivity contribution in [3.05, 3.63) is 30.5 Å².